The first-order valence-electron chi connectivity index (χ1n) is 11.2. The van der Waals surface area contributed by atoms with Crippen LogP contribution < -0.4 is 19.7 Å². The molecule has 1 N–H and O–H groups in total. The van der Waals surface area contributed by atoms with Crippen LogP contribution in [-0.2, 0) is 9.59 Å². The van der Waals surface area contributed by atoms with Gasteiger partial charge in [-0.2, -0.15) is 0 Å². The van der Waals surface area contributed by atoms with Gasteiger partial charge in [-0.3, -0.25) is 9.59 Å². The molecule has 4 rings (SSSR count). The molecule has 164 valence electrons. The van der Waals surface area contributed by atoms with Gasteiger partial charge in [-0.15, -0.1) is 0 Å². The van der Waals surface area contributed by atoms with Gasteiger partial charge in [0.15, 0.2) is 6.61 Å². The molecule has 0 unspecified atom stereocenters. The molecule has 1 fully saturated rings. The zero-order chi connectivity index (χ0) is 21.5. The predicted octanol–water partition coefficient (Wildman–Crippen LogP) is 4.79. The summed E-state index contributed by atoms with van der Waals surface area (Å²) in [6.07, 6.45) is 7.91. The van der Waals surface area contributed by atoms with Crippen molar-refractivity contribution in [3.63, 3.8) is 0 Å². The van der Waals surface area contributed by atoms with Crippen molar-refractivity contribution < 1.29 is 19.1 Å². The molecule has 6 heteroatoms. The highest BCUT2D eigenvalue weighted by atomic mass is 16.5. The monoisotopic (exact) mass is 422 g/mol. The number of amides is 2. The van der Waals surface area contributed by atoms with E-state index in [9.17, 15) is 9.59 Å². The molecule has 1 saturated carbocycles. The minimum Gasteiger partial charge on any atom is -0.492 e. The summed E-state index contributed by atoms with van der Waals surface area (Å²) < 4.78 is 11.4. The Labute approximate surface area is 183 Å². The summed E-state index contributed by atoms with van der Waals surface area (Å²) in [5, 5.41) is 2.98. The number of ether oxygens (including phenoxy) is 2. The molecule has 1 heterocycles. The first-order chi connectivity index (χ1) is 15.2. The van der Waals surface area contributed by atoms with E-state index in [2.05, 4.69) is 5.32 Å². The zero-order valence-electron chi connectivity index (χ0n) is 17.8. The number of rotatable bonds is 8. The van der Waals surface area contributed by atoms with E-state index in [0.29, 0.717) is 42.6 Å². The highest BCUT2D eigenvalue weighted by Gasteiger charge is 2.26. The maximum absolute atomic E-state index is 12.4. The Hall–Kier alpha value is -3.02. The summed E-state index contributed by atoms with van der Waals surface area (Å²) >= 11 is 0. The number of hydrogen-bond acceptors (Lipinski definition) is 4. The Kier molecular flexibility index (Phi) is 7.07. The third-order valence-electron chi connectivity index (χ3n) is 6.02. The number of carbonyl (C=O) groups excluding carboxylic acids is 2. The van der Waals surface area contributed by atoms with Crippen molar-refractivity contribution in [2.24, 2.45) is 5.92 Å². The number of benzene rings is 2. The highest BCUT2D eigenvalue weighted by molar-refractivity contribution is 5.99. The Balaban J connectivity index is 1.32. The Bertz CT molecular complexity index is 894. The first kappa shape index (κ1) is 21.2. The smallest absolute Gasteiger partial charge is 0.265 e. The van der Waals surface area contributed by atoms with Gasteiger partial charge in [0.25, 0.3) is 5.91 Å². The summed E-state index contributed by atoms with van der Waals surface area (Å²) in [4.78, 5) is 26.4. The topological polar surface area (TPSA) is 67.9 Å². The second-order valence-corrected chi connectivity index (χ2v) is 8.27. The molecule has 0 atom stereocenters. The molecule has 1 aliphatic heterocycles. The van der Waals surface area contributed by atoms with E-state index in [0.717, 1.165) is 12.2 Å². The lowest BCUT2D eigenvalue weighted by Gasteiger charge is -2.29. The first-order valence-corrected chi connectivity index (χ1v) is 11.2. The van der Waals surface area contributed by atoms with Crippen LogP contribution in [0, 0.1) is 5.92 Å². The molecule has 2 amide bonds. The van der Waals surface area contributed by atoms with Gasteiger partial charge in [0.1, 0.15) is 18.1 Å². The fourth-order valence-electron chi connectivity index (χ4n) is 4.33. The van der Waals surface area contributed by atoms with Crippen molar-refractivity contribution in [2.75, 3.05) is 30.0 Å². The van der Waals surface area contributed by atoms with Gasteiger partial charge in [0, 0.05) is 18.2 Å². The van der Waals surface area contributed by atoms with Crippen LogP contribution in [0.5, 0.6) is 11.5 Å². The second kappa shape index (κ2) is 10.3. The number of nitrogens with zero attached hydrogens (tertiary/aromatic N) is 1. The average molecular weight is 423 g/mol. The molecule has 0 aromatic heterocycles. The fourth-order valence-corrected chi connectivity index (χ4v) is 4.33. The summed E-state index contributed by atoms with van der Waals surface area (Å²) in [6.45, 7) is 0.795. The van der Waals surface area contributed by atoms with Gasteiger partial charge in [-0.1, -0.05) is 50.3 Å². The zero-order valence-corrected chi connectivity index (χ0v) is 17.8. The number of hydrogen-bond donors (Lipinski definition) is 1. The summed E-state index contributed by atoms with van der Waals surface area (Å²) in [5.41, 5.74) is 1.40. The van der Waals surface area contributed by atoms with E-state index in [-0.39, 0.29) is 18.4 Å². The lowest BCUT2D eigenvalue weighted by Crippen LogP contribution is -2.41. The van der Waals surface area contributed by atoms with E-state index >= 15 is 0 Å². The third-order valence-corrected chi connectivity index (χ3v) is 6.02. The molecule has 31 heavy (non-hydrogen) atoms. The van der Waals surface area contributed by atoms with Crippen molar-refractivity contribution in [3.8, 4) is 11.5 Å². The van der Waals surface area contributed by atoms with E-state index in [1.807, 2.05) is 42.5 Å². The van der Waals surface area contributed by atoms with Crippen LogP contribution in [0.25, 0.3) is 0 Å². The molecule has 2 aliphatic rings. The van der Waals surface area contributed by atoms with Crippen LogP contribution in [0.15, 0.2) is 48.5 Å². The predicted molar refractivity (Wildman–Crippen MR) is 121 cm³/mol. The maximum atomic E-state index is 12.4. The number of anilines is 2. The van der Waals surface area contributed by atoms with Crippen LogP contribution in [-0.4, -0.2) is 31.6 Å². The van der Waals surface area contributed by atoms with Crippen LogP contribution in [0.1, 0.15) is 44.9 Å². The number of para-hydroxylation sites is 1. The summed E-state index contributed by atoms with van der Waals surface area (Å²) in [6, 6.07) is 15.0. The van der Waals surface area contributed by atoms with E-state index in [1.165, 1.54) is 32.1 Å². The standard InChI is InChI=1S/C25H30N2O4/c28-24(14-11-19-7-3-1-4-8-19)26-20-12-13-22-23(17-20)31-18-25(29)27(22)15-16-30-21-9-5-2-6-10-21/h2,5-6,9-10,12-13,17,19H,1,3-4,7-8,11,14-16,18H2,(H,26,28). The van der Waals surface area contributed by atoms with Gasteiger partial charge in [0.05, 0.1) is 12.2 Å². The quantitative estimate of drug-likeness (QED) is 0.664. The lowest BCUT2D eigenvalue weighted by molar-refractivity contribution is -0.121. The fraction of sp³-hybridized carbons (Fsp3) is 0.440. The summed E-state index contributed by atoms with van der Waals surface area (Å²) in [5.74, 6) is 1.99. The molecule has 0 bridgehead atoms. The van der Waals surface area contributed by atoms with Gasteiger partial charge >= 0.3 is 0 Å². The molecule has 6 nitrogen and oxygen atoms in total. The molecule has 2 aromatic carbocycles. The molecule has 0 saturated heterocycles. The number of nitrogens with one attached hydrogen (secondary N) is 1. The molecule has 1 aliphatic carbocycles. The van der Waals surface area contributed by atoms with E-state index in [4.69, 9.17) is 9.47 Å². The Morgan fingerprint density at radius 1 is 1.10 bits per heavy atom. The van der Waals surface area contributed by atoms with Crippen molar-refractivity contribution >= 4 is 23.2 Å². The second-order valence-electron chi connectivity index (χ2n) is 8.27. The Morgan fingerprint density at radius 2 is 1.90 bits per heavy atom. The van der Waals surface area contributed by atoms with Crippen molar-refractivity contribution in [3.05, 3.63) is 48.5 Å². The summed E-state index contributed by atoms with van der Waals surface area (Å²) in [7, 11) is 0. The normalized spacial score (nSPS) is 16.4. The van der Waals surface area contributed by atoms with Crippen LogP contribution >= 0.6 is 0 Å². The minimum atomic E-state index is -0.103. The Morgan fingerprint density at radius 3 is 2.71 bits per heavy atom. The third kappa shape index (κ3) is 5.78. The van der Waals surface area contributed by atoms with E-state index in [1.54, 1.807) is 11.0 Å². The van der Waals surface area contributed by atoms with Gasteiger partial charge in [-0.05, 0) is 36.6 Å². The van der Waals surface area contributed by atoms with Gasteiger partial charge in [0.2, 0.25) is 5.91 Å². The molecule has 0 spiro atoms. The number of fused-ring (bicyclic) bond motifs is 1. The van der Waals surface area contributed by atoms with Crippen molar-refractivity contribution in [2.45, 2.75) is 44.9 Å². The maximum Gasteiger partial charge on any atom is 0.265 e. The largest absolute Gasteiger partial charge is 0.492 e. The van der Waals surface area contributed by atoms with Gasteiger partial charge in [-0.25, -0.2) is 0 Å². The SMILES string of the molecule is O=C(CCC1CCCCC1)Nc1ccc2c(c1)OCC(=O)N2CCOc1ccccc1. The average Bonchev–Trinajstić information content (AvgIpc) is 2.80. The van der Waals surface area contributed by atoms with Crippen LogP contribution in [0.4, 0.5) is 11.4 Å². The molecular formula is C25H30N2O4. The molecule has 0 radical (unpaired) electrons. The van der Waals surface area contributed by atoms with Crippen molar-refractivity contribution in [1.82, 2.24) is 0 Å². The van der Waals surface area contributed by atoms with Crippen LogP contribution in [0.3, 0.4) is 0 Å². The lowest BCUT2D eigenvalue weighted by atomic mass is 9.86. The van der Waals surface area contributed by atoms with E-state index < -0.39 is 0 Å². The number of carbonyl (C=O) groups is 2. The molecule has 2 aromatic rings. The van der Waals surface area contributed by atoms with Gasteiger partial charge < -0.3 is 19.7 Å². The van der Waals surface area contributed by atoms with Crippen molar-refractivity contribution in [1.29, 1.82) is 0 Å². The van der Waals surface area contributed by atoms with Crippen LogP contribution in [0.2, 0.25) is 0 Å². The minimum absolute atomic E-state index is 0.0165. The molecular weight excluding hydrogens is 392 g/mol. The highest BCUT2D eigenvalue weighted by Crippen LogP contribution is 2.34.